The van der Waals surface area contributed by atoms with Crippen LogP contribution in [0.5, 0.6) is 11.5 Å². The number of nitrogens with zero attached hydrogens (tertiary/aromatic N) is 1. The van der Waals surface area contributed by atoms with Crippen molar-refractivity contribution >= 4 is 5.91 Å². The van der Waals surface area contributed by atoms with Gasteiger partial charge in [-0.2, -0.15) is 0 Å². The Morgan fingerprint density at radius 1 is 1.23 bits per heavy atom. The van der Waals surface area contributed by atoms with Crippen molar-refractivity contribution in [2.45, 2.75) is 38.8 Å². The summed E-state index contributed by atoms with van der Waals surface area (Å²) in [4.78, 5) is 13.7. The van der Waals surface area contributed by atoms with E-state index in [4.69, 9.17) is 19.9 Å². The quantitative estimate of drug-likeness (QED) is 0.624. The molecular weight excluding hydrogens is 392 g/mol. The Hall–Kier alpha value is -2.57. The fourth-order valence-electron chi connectivity index (χ4n) is 3.91. The van der Waals surface area contributed by atoms with Crippen LogP contribution in [0.25, 0.3) is 11.1 Å². The second kappa shape index (κ2) is 11.2. The van der Waals surface area contributed by atoms with Gasteiger partial charge in [-0.05, 0) is 81.1 Å². The highest BCUT2D eigenvalue weighted by Gasteiger charge is 2.15. The van der Waals surface area contributed by atoms with Crippen molar-refractivity contribution in [3.63, 3.8) is 0 Å². The maximum absolute atomic E-state index is 11.3. The van der Waals surface area contributed by atoms with Crippen LogP contribution in [-0.4, -0.2) is 50.8 Å². The molecule has 0 aromatic heterocycles. The Morgan fingerprint density at radius 2 is 2.00 bits per heavy atom. The molecule has 1 aliphatic rings. The molecule has 0 bridgehead atoms. The van der Waals surface area contributed by atoms with Crippen LogP contribution in [0.4, 0.5) is 0 Å². The molecule has 1 unspecified atom stereocenters. The molecule has 1 amide bonds. The molecule has 1 atom stereocenters. The molecule has 1 saturated heterocycles. The van der Waals surface area contributed by atoms with Crippen LogP contribution in [0.2, 0.25) is 0 Å². The molecule has 1 aliphatic heterocycles. The summed E-state index contributed by atoms with van der Waals surface area (Å²) in [5.41, 5.74) is 8.51. The zero-order chi connectivity index (χ0) is 22.2. The van der Waals surface area contributed by atoms with E-state index in [1.54, 1.807) is 14.0 Å². The molecule has 2 aromatic carbocycles. The minimum Gasteiger partial charge on any atom is -0.496 e. The maximum Gasteiger partial charge on any atom is 0.258 e. The van der Waals surface area contributed by atoms with E-state index >= 15 is 0 Å². The third-order valence-corrected chi connectivity index (χ3v) is 5.83. The summed E-state index contributed by atoms with van der Waals surface area (Å²) in [6, 6.07) is 13.9. The van der Waals surface area contributed by atoms with E-state index in [9.17, 15) is 4.79 Å². The van der Waals surface area contributed by atoms with Crippen molar-refractivity contribution in [3.8, 4) is 22.6 Å². The van der Waals surface area contributed by atoms with Gasteiger partial charge in [-0.15, -0.1) is 0 Å². The molecule has 3 rings (SSSR count). The van der Waals surface area contributed by atoms with Crippen LogP contribution in [0, 0.1) is 5.92 Å². The molecule has 0 radical (unpaired) electrons. The predicted octanol–water partition coefficient (Wildman–Crippen LogP) is 3.86. The van der Waals surface area contributed by atoms with Crippen molar-refractivity contribution in [2.24, 2.45) is 11.7 Å². The first kappa shape index (κ1) is 23.1. The molecule has 0 aliphatic carbocycles. The maximum atomic E-state index is 11.3. The van der Waals surface area contributed by atoms with Crippen molar-refractivity contribution in [3.05, 3.63) is 48.0 Å². The zero-order valence-corrected chi connectivity index (χ0v) is 18.8. The summed E-state index contributed by atoms with van der Waals surface area (Å²) >= 11 is 0. The number of nitrogens with two attached hydrogens (primary N) is 1. The van der Waals surface area contributed by atoms with Gasteiger partial charge in [0.1, 0.15) is 11.5 Å². The van der Waals surface area contributed by atoms with E-state index in [1.165, 1.54) is 24.8 Å². The number of benzene rings is 2. The van der Waals surface area contributed by atoms with Gasteiger partial charge in [0.05, 0.1) is 7.11 Å². The molecule has 0 saturated carbocycles. The zero-order valence-electron chi connectivity index (χ0n) is 18.8. The Kier molecular flexibility index (Phi) is 8.32. The number of rotatable bonds is 10. The van der Waals surface area contributed by atoms with Gasteiger partial charge < -0.3 is 24.8 Å². The Morgan fingerprint density at radius 3 is 2.71 bits per heavy atom. The summed E-state index contributed by atoms with van der Waals surface area (Å²) in [6.45, 7) is 5.39. The van der Waals surface area contributed by atoms with Crippen LogP contribution in [0.1, 0.15) is 31.7 Å². The van der Waals surface area contributed by atoms with Gasteiger partial charge in [0.25, 0.3) is 5.91 Å². The van der Waals surface area contributed by atoms with Gasteiger partial charge in [0.2, 0.25) is 0 Å². The SMILES string of the molecule is COc1ccc(CN(C)CCC2CCOCC2)cc1-c1cccc(OC(C)C(N)=O)c1. The minimum atomic E-state index is -0.687. The summed E-state index contributed by atoms with van der Waals surface area (Å²) in [6.07, 6.45) is 2.87. The standard InChI is InChI=1S/C25H34N2O4/c1-18(25(26)28)31-22-6-4-5-21(16-22)23-15-20(7-8-24(23)29-3)17-27(2)12-9-19-10-13-30-14-11-19/h4-8,15-16,18-19H,9-14,17H2,1-3H3,(H2,26,28). The summed E-state index contributed by atoms with van der Waals surface area (Å²) < 4.78 is 16.7. The highest BCUT2D eigenvalue weighted by molar-refractivity contribution is 5.79. The number of carbonyl (C=O) groups is 1. The monoisotopic (exact) mass is 426 g/mol. The third kappa shape index (κ3) is 6.71. The molecule has 1 heterocycles. The normalized spacial score (nSPS) is 15.6. The second-order valence-electron chi connectivity index (χ2n) is 8.31. The average Bonchev–Trinajstić information content (AvgIpc) is 2.78. The van der Waals surface area contributed by atoms with Gasteiger partial charge in [0, 0.05) is 25.3 Å². The van der Waals surface area contributed by atoms with E-state index < -0.39 is 12.0 Å². The highest BCUT2D eigenvalue weighted by Crippen LogP contribution is 2.33. The number of amides is 1. The van der Waals surface area contributed by atoms with Crippen LogP contribution in [0.15, 0.2) is 42.5 Å². The highest BCUT2D eigenvalue weighted by atomic mass is 16.5. The van der Waals surface area contributed by atoms with E-state index in [2.05, 4.69) is 24.1 Å². The minimum absolute atomic E-state index is 0.492. The fourth-order valence-corrected chi connectivity index (χ4v) is 3.91. The van der Waals surface area contributed by atoms with Crippen LogP contribution in [0.3, 0.4) is 0 Å². The summed E-state index contributed by atoms with van der Waals surface area (Å²) in [5, 5.41) is 0. The van der Waals surface area contributed by atoms with E-state index in [1.807, 2.05) is 30.3 Å². The van der Waals surface area contributed by atoms with Crippen LogP contribution in [-0.2, 0) is 16.1 Å². The van der Waals surface area contributed by atoms with E-state index in [0.717, 1.165) is 49.1 Å². The first-order valence-corrected chi connectivity index (χ1v) is 11.0. The largest absolute Gasteiger partial charge is 0.496 e. The number of ether oxygens (including phenoxy) is 3. The Bertz CT molecular complexity index is 864. The predicted molar refractivity (Wildman–Crippen MR) is 122 cm³/mol. The molecule has 2 aromatic rings. The van der Waals surface area contributed by atoms with Crippen LogP contribution >= 0.6 is 0 Å². The van der Waals surface area contributed by atoms with Gasteiger partial charge in [-0.3, -0.25) is 4.79 Å². The van der Waals surface area contributed by atoms with Crippen molar-refractivity contribution < 1.29 is 19.0 Å². The third-order valence-electron chi connectivity index (χ3n) is 5.83. The second-order valence-corrected chi connectivity index (χ2v) is 8.31. The molecule has 1 fully saturated rings. The average molecular weight is 427 g/mol. The van der Waals surface area contributed by atoms with Gasteiger partial charge >= 0.3 is 0 Å². The van der Waals surface area contributed by atoms with Crippen molar-refractivity contribution in [1.29, 1.82) is 0 Å². The smallest absolute Gasteiger partial charge is 0.258 e. The molecule has 168 valence electrons. The van der Waals surface area contributed by atoms with Crippen molar-refractivity contribution in [1.82, 2.24) is 4.90 Å². The van der Waals surface area contributed by atoms with E-state index in [-0.39, 0.29) is 0 Å². The molecule has 2 N–H and O–H groups in total. The Labute approximate surface area is 185 Å². The Balaban J connectivity index is 1.71. The lowest BCUT2D eigenvalue weighted by molar-refractivity contribution is -0.123. The van der Waals surface area contributed by atoms with Gasteiger partial charge in [-0.25, -0.2) is 0 Å². The number of carbonyl (C=O) groups excluding carboxylic acids is 1. The fraction of sp³-hybridized carbons (Fsp3) is 0.480. The number of methoxy groups -OCH3 is 1. The molecule has 0 spiro atoms. The first-order chi connectivity index (χ1) is 15.0. The lowest BCUT2D eigenvalue weighted by Gasteiger charge is -2.25. The molecule has 6 nitrogen and oxygen atoms in total. The lowest BCUT2D eigenvalue weighted by Crippen LogP contribution is -2.30. The number of hydrogen-bond acceptors (Lipinski definition) is 5. The van der Waals surface area contributed by atoms with E-state index in [0.29, 0.717) is 5.75 Å². The van der Waals surface area contributed by atoms with Crippen LogP contribution < -0.4 is 15.2 Å². The van der Waals surface area contributed by atoms with Gasteiger partial charge in [-0.1, -0.05) is 18.2 Å². The van der Waals surface area contributed by atoms with Gasteiger partial charge in [0.15, 0.2) is 6.10 Å². The molecule has 31 heavy (non-hydrogen) atoms. The number of hydrogen-bond donors (Lipinski definition) is 1. The molecule has 6 heteroatoms. The summed E-state index contributed by atoms with van der Waals surface area (Å²) in [5.74, 6) is 1.68. The topological polar surface area (TPSA) is 74.0 Å². The molecular formula is C25H34N2O4. The van der Waals surface area contributed by atoms with Crippen molar-refractivity contribution in [2.75, 3.05) is 33.9 Å². The number of primary amides is 1. The summed E-state index contributed by atoms with van der Waals surface area (Å²) in [7, 11) is 3.84. The lowest BCUT2D eigenvalue weighted by atomic mass is 9.96. The first-order valence-electron chi connectivity index (χ1n) is 11.0.